The molecule has 0 spiro atoms. The number of methoxy groups -OCH3 is 1. The van der Waals surface area contributed by atoms with Crippen molar-refractivity contribution in [3.8, 4) is 11.4 Å². The Labute approximate surface area is 228 Å². The highest BCUT2D eigenvalue weighted by Crippen LogP contribution is 2.39. The fraction of sp³-hybridized carbons (Fsp3) is 0.444. The number of sulfonamides is 1. The molecule has 0 aliphatic carbocycles. The molecule has 0 radical (unpaired) electrons. The van der Waals surface area contributed by atoms with Gasteiger partial charge in [0.1, 0.15) is 11.8 Å². The van der Waals surface area contributed by atoms with E-state index in [2.05, 4.69) is 20.4 Å². The molecule has 2 N–H and O–H groups in total. The number of anilines is 2. The second-order valence-electron chi connectivity index (χ2n) is 11.1. The van der Waals surface area contributed by atoms with Gasteiger partial charge in [-0.3, -0.25) is 9.52 Å². The third-order valence-corrected chi connectivity index (χ3v) is 6.86. The normalized spacial score (nSPS) is 17.2. The maximum Gasteiger partial charge on any atom is 0.255 e. The average Bonchev–Trinajstić information content (AvgIpc) is 3.44. The molecule has 2 aromatic carbocycles. The van der Waals surface area contributed by atoms with E-state index in [0.717, 1.165) is 17.4 Å². The first kappa shape index (κ1) is 28.5. The number of aryl methyl sites for hydroxylation is 1. The fourth-order valence-corrected chi connectivity index (χ4v) is 4.77. The standard InChI is InChI=1S/C27H35N5O6S/c1-16-9-10-17(11-22(16)32-14-21(29-31-32)23-15-37-27(5,6)38-23)25(33)28-19-12-18(26(2,3)4)13-20(24(19)36-7)30-39(8,34)35/h9-14,23,30H,15H2,1-8H3,(H,28,33)/t23-/m1/s1. The summed E-state index contributed by atoms with van der Waals surface area (Å²) in [6, 6.07) is 8.74. The largest absolute Gasteiger partial charge is 0.492 e. The summed E-state index contributed by atoms with van der Waals surface area (Å²) in [5.74, 6) is -0.887. The maximum absolute atomic E-state index is 13.4. The van der Waals surface area contributed by atoms with E-state index in [1.54, 1.807) is 35.1 Å². The second kappa shape index (κ2) is 10.2. The molecule has 1 amide bonds. The maximum atomic E-state index is 13.4. The van der Waals surface area contributed by atoms with Gasteiger partial charge in [0.25, 0.3) is 5.91 Å². The van der Waals surface area contributed by atoms with E-state index in [1.807, 2.05) is 47.6 Å². The summed E-state index contributed by atoms with van der Waals surface area (Å²) in [4.78, 5) is 13.4. The predicted octanol–water partition coefficient (Wildman–Crippen LogP) is 4.33. The quantitative estimate of drug-likeness (QED) is 0.439. The third kappa shape index (κ3) is 6.57. The van der Waals surface area contributed by atoms with Crippen LogP contribution in [-0.2, 0) is 24.9 Å². The van der Waals surface area contributed by atoms with E-state index in [1.165, 1.54) is 7.11 Å². The molecule has 3 aromatic rings. The van der Waals surface area contributed by atoms with Gasteiger partial charge in [0.05, 0.1) is 43.2 Å². The van der Waals surface area contributed by atoms with Gasteiger partial charge in [0, 0.05) is 5.56 Å². The minimum absolute atomic E-state index is 0.205. The minimum Gasteiger partial charge on any atom is -0.492 e. The van der Waals surface area contributed by atoms with Crippen LogP contribution in [-0.4, -0.2) is 55.1 Å². The van der Waals surface area contributed by atoms with Gasteiger partial charge in [-0.2, -0.15) is 0 Å². The summed E-state index contributed by atoms with van der Waals surface area (Å²) in [7, 11) is -2.18. The van der Waals surface area contributed by atoms with Gasteiger partial charge in [0.2, 0.25) is 10.0 Å². The molecule has 12 heteroatoms. The van der Waals surface area contributed by atoms with Gasteiger partial charge < -0.3 is 19.5 Å². The molecule has 1 aliphatic rings. The van der Waals surface area contributed by atoms with E-state index in [0.29, 0.717) is 29.2 Å². The molecule has 4 rings (SSSR count). The fourth-order valence-electron chi connectivity index (χ4n) is 4.22. The highest BCUT2D eigenvalue weighted by Gasteiger charge is 2.35. The number of rotatable bonds is 7. The Balaban J connectivity index is 1.66. The zero-order chi connectivity index (χ0) is 28.8. The molecule has 210 valence electrons. The molecule has 2 heterocycles. The SMILES string of the molecule is COc1c(NC(=O)c2ccc(C)c(-n3cc([C@H]4COC(C)(C)O4)nn3)c2)cc(C(C)(C)C)cc1NS(C)(=O)=O. The number of amides is 1. The predicted molar refractivity (Wildman–Crippen MR) is 148 cm³/mol. The highest BCUT2D eigenvalue weighted by molar-refractivity contribution is 7.92. The Kier molecular flexibility index (Phi) is 7.50. The van der Waals surface area contributed by atoms with Gasteiger partial charge in [-0.25, -0.2) is 13.1 Å². The van der Waals surface area contributed by atoms with Crippen LogP contribution >= 0.6 is 0 Å². The first-order valence-electron chi connectivity index (χ1n) is 12.4. The zero-order valence-corrected chi connectivity index (χ0v) is 24.3. The van der Waals surface area contributed by atoms with Crippen LogP contribution in [0.2, 0.25) is 0 Å². The van der Waals surface area contributed by atoms with Gasteiger partial charge >= 0.3 is 0 Å². The van der Waals surface area contributed by atoms with E-state index in [4.69, 9.17) is 14.2 Å². The van der Waals surface area contributed by atoms with Crippen LogP contribution in [0.15, 0.2) is 36.5 Å². The lowest BCUT2D eigenvalue weighted by Crippen LogP contribution is -2.19. The number of carbonyl (C=O) groups excluding carboxylic acids is 1. The number of carbonyl (C=O) groups is 1. The van der Waals surface area contributed by atoms with Gasteiger partial charge in [-0.15, -0.1) is 5.10 Å². The van der Waals surface area contributed by atoms with Crippen molar-refractivity contribution in [2.24, 2.45) is 0 Å². The Hall–Kier alpha value is -3.48. The summed E-state index contributed by atoms with van der Waals surface area (Å²) in [6.07, 6.45) is 2.49. The number of hydrogen-bond donors (Lipinski definition) is 2. The van der Waals surface area contributed by atoms with Crippen molar-refractivity contribution in [2.75, 3.05) is 30.0 Å². The molecule has 1 atom stereocenters. The summed E-state index contributed by atoms with van der Waals surface area (Å²) in [5, 5.41) is 11.4. The molecule has 11 nitrogen and oxygen atoms in total. The van der Waals surface area contributed by atoms with Crippen LogP contribution in [0.25, 0.3) is 5.69 Å². The van der Waals surface area contributed by atoms with Gasteiger partial charge in [0.15, 0.2) is 11.5 Å². The monoisotopic (exact) mass is 557 g/mol. The van der Waals surface area contributed by atoms with Crippen molar-refractivity contribution < 1.29 is 27.4 Å². The van der Waals surface area contributed by atoms with Crippen LogP contribution in [0.3, 0.4) is 0 Å². The lowest BCUT2D eigenvalue weighted by Gasteiger charge is -2.24. The van der Waals surface area contributed by atoms with Gasteiger partial charge in [-0.1, -0.05) is 32.1 Å². The topological polar surface area (TPSA) is 134 Å². The lowest BCUT2D eigenvalue weighted by atomic mass is 9.86. The number of aromatic nitrogens is 3. The Bertz CT molecular complexity index is 1510. The van der Waals surface area contributed by atoms with Crippen LogP contribution in [0, 0.1) is 6.92 Å². The van der Waals surface area contributed by atoms with Crippen LogP contribution in [0.4, 0.5) is 11.4 Å². The van der Waals surface area contributed by atoms with Gasteiger partial charge in [-0.05, 0) is 61.6 Å². The van der Waals surface area contributed by atoms with E-state index < -0.39 is 21.7 Å². The number of ether oxygens (including phenoxy) is 3. The van der Waals surface area contributed by atoms with E-state index >= 15 is 0 Å². The minimum atomic E-state index is -3.60. The number of nitrogens with zero attached hydrogens (tertiary/aromatic N) is 3. The molecule has 1 aromatic heterocycles. The summed E-state index contributed by atoms with van der Waals surface area (Å²) < 4.78 is 45.2. The molecule has 1 fully saturated rings. The molecular weight excluding hydrogens is 522 g/mol. The summed E-state index contributed by atoms with van der Waals surface area (Å²) >= 11 is 0. The highest BCUT2D eigenvalue weighted by atomic mass is 32.2. The van der Waals surface area contributed by atoms with Crippen LogP contribution in [0.1, 0.15) is 67.9 Å². The molecule has 0 bridgehead atoms. The number of nitrogens with one attached hydrogen (secondary N) is 2. The summed E-state index contributed by atoms with van der Waals surface area (Å²) in [6.45, 7) is 12.0. The molecule has 1 saturated heterocycles. The number of benzene rings is 2. The molecule has 0 unspecified atom stereocenters. The van der Waals surface area contributed by atoms with Crippen LogP contribution in [0.5, 0.6) is 5.75 Å². The third-order valence-electron chi connectivity index (χ3n) is 6.27. The average molecular weight is 558 g/mol. The Morgan fingerprint density at radius 2 is 1.87 bits per heavy atom. The second-order valence-corrected chi connectivity index (χ2v) is 12.8. The van der Waals surface area contributed by atoms with Crippen molar-refractivity contribution >= 4 is 27.3 Å². The molecule has 39 heavy (non-hydrogen) atoms. The van der Waals surface area contributed by atoms with Crippen LogP contribution < -0.4 is 14.8 Å². The lowest BCUT2D eigenvalue weighted by molar-refractivity contribution is -0.139. The van der Waals surface area contributed by atoms with E-state index in [-0.39, 0.29) is 23.0 Å². The molecule has 0 saturated carbocycles. The zero-order valence-electron chi connectivity index (χ0n) is 23.4. The molecular formula is C27H35N5O6S. The van der Waals surface area contributed by atoms with Crippen molar-refractivity contribution in [3.63, 3.8) is 0 Å². The Morgan fingerprint density at radius 3 is 2.46 bits per heavy atom. The first-order valence-corrected chi connectivity index (χ1v) is 14.3. The van der Waals surface area contributed by atoms with Crippen molar-refractivity contribution in [3.05, 3.63) is 58.9 Å². The summed E-state index contributed by atoms with van der Waals surface area (Å²) in [5.41, 5.74) is 3.62. The van der Waals surface area contributed by atoms with E-state index in [9.17, 15) is 13.2 Å². The van der Waals surface area contributed by atoms with Crippen molar-refractivity contribution in [1.82, 2.24) is 15.0 Å². The van der Waals surface area contributed by atoms with Crippen molar-refractivity contribution in [1.29, 1.82) is 0 Å². The number of hydrogen-bond acceptors (Lipinski definition) is 8. The van der Waals surface area contributed by atoms with Crippen molar-refractivity contribution in [2.45, 2.75) is 58.8 Å². The first-order chi connectivity index (χ1) is 18.1. The Morgan fingerprint density at radius 1 is 1.18 bits per heavy atom. The molecule has 1 aliphatic heterocycles. The smallest absolute Gasteiger partial charge is 0.255 e.